The molecule has 0 radical (unpaired) electrons. The van der Waals surface area contributed by atoms with E-state index in [0.717, 1.165) is 18.7 Å². The van der Waals surface area contributed by atoms with Crippen LogP contribution in [-0.2, 0) is 6.42 Å². The van der Waals surface area contributed by atoms with Crippen LogP contribution in [0, 0.1) is 0 Å². The third-order valence-electron chi connectivity index (χ3n) is 3.79. The molecule has 2 atom stereocenters. The van der Waals surface area contributed by atoms with Gasteiger partial charge in [-0.05, 0) is 36.2 Å². The van der Waals surface area contributed by atoms with Gasteiger partial charge in [0.2, 0.25) is 0 Å². The van der Waals surface area contributed by atoms with Gasteiger partial charge in [-0.3, -0.25) is 0 Å². The van der Waals surface area contributed by atoms with Crippen molar-refractivity contribution in [2.24, 2.45) is 0 Å². The molecule has 0 amide bonds. The van der Waals surface area contributed by atoms with Crippen LogP contribution in [0.5, 0.6) is 5.75 Å². The van der Waals surface area contributed by atoms with E-state index in [1.165, 1.54) is 16.7 Å². The number of nitrogens with one attached hydrogen (secondary N) is 1. The van der Waals surface area contributed by atoms with Gasteiger partial charge in [0.1, 0.15) is 11.9 Å². The first-order chi connectivity index (χ1) is 9.78. The maximum Gasteiger partial charge on any atom is 0.123 e. The van der Waals surface area contributed by atoms with Crippen molar-refractivity contribution in [2.45, 2.75) is 32.4 Å². The van der Waals surface area contributed by atoms with Crippen molar-refractivity contribution >= 4 is 0 Å². The molecule has 2 heteroatoms. The lowest BCUT2D eigenvalue weighted by Crippen LogP contribution is -2.22. The summed E-state index contributed by atoms with van der Waals surface area (Å²) in [4.78, 5) is 0. The minimum Gasteiger partial charge on any atom is -0.490 e. The Morgan fingerprint density at radius 2 is 1.95 bits per heavy atom. The minimum absolute atomic E-state index is 0.252. The largest absolute Gasteiger partial charge is 0.490 e. The van der Waals surface area contributed by atoms with Crippen LogP contribution in [0.1, 0.15) is 36.6 Å². The number of benzene rings is 2. The summed E-state index contributed by atoms with van der Waals surface area (Å²) in [6.07, 6.45) is 1.31. The molecule has 0 spiro atoms. The van der Waals surface area contributed by atoms with E-state index in [9.17, 15) is 0 Å². The molecule has 2 unspecified atom stereocenters. The predicted octanol–water partition coefficient (Wildman–Crippen LogP) is 3.71. The highest BCUT2D eigenvalue weighted by molar-refractivity contribution is 5.43. The van der Waals surface area contributed by atoms with Crippen LogP contribution in [0.4, 0.5) is 0 Å². The Labute approximate surface area is 120 Å². The Morgan fingerprint density at radius 3 is 2.70 bits per heavy atom. The number of hydrogen-bond acceptors (Lipinski definition) is 2. The minimum atomic E-state index is 0.252. The van der Waals surface area contributed by atoms with Gasteiger partial charge in [-0.15, -0.1) is 0 Å². The average Bonchev–Trinajstić information content (AvgIpc) is 2.84. The normalized spacial score (nSPS) is 18.4. The van der Waals surface area contributed by atoms with Crippen LogP contribution in [0.3, 0.4) is 0 Å². The Hall–Kier alpha value is -1.80. The highest BCUT2D eigenvalue weighted by Crippen LogP contribution is 2.32. The summed E-state index contributed by atoms with van der Waals surface area (Å²) >= 11 is 0. The molecule has 0 aromatic heterocycles. The lowest BCUT2D eigenvalue weighted by molar-refractivity contribution is 0.254. The Bertz CT molecular complexity index is 579. The van der Waals surface area contributed by atoms with Crippen LogP contribution in [-0.4, -0.2) is 12.6 Å². The Kier molecular flexibility index (Phi) is 3.75. The molecule has 20 heavy (non-hydrogen) atoms. The Balaban J connectivity index is 1.95. The zero-order valence-electron chi connectivity index (χ0n) is 12.1. The van der Waals surface area contributed by atoms with Crippen molar-refractivity contribution < 1.29 is 4.74 Å². The molecule has 3 rings (SSSR count). The van der Waals surface area contributed by atoms with Crippen LogP contribution >= 0.6 is 0 Å². The maximum atomic E-state index is 5.79. The fourth-order valence-corrected chi connectivity index (χ4v) is 2.90. The van der Waals surface area contributed by atoms with Crippen molar-refractivity contribution in [2.75, 3.05) is 6.54 Å². The molecule has 0 fully saturated rings. The molecule has 0 saturated carbocycles. The van der Waals surface area contributed by atoms with E-state index in [-0.39, 0.29) is 6.04 Å². The van der Waals surface area contributed by atoms with Crippen molar-refractivity contribution in [3.05, 3.63) is 65.2 Å². The number of fused-ring (bicyclic) bond motifs is 1. The molecular weight excluding hydrogens is 246 g/mol. The van der Waals surface area contributed by atoms with E-state index in [0.29, 0.717) is 6.10 Å². The molecule has 0 aliphatic carbocycles. The molecule has 0 saturated heterocycles. The summed E-state index contributed by atoms with van der Waals surface area (Å²) in [7, 11) is 0. The zero-order chi connectivity index (χ0) is 13.9. The van der Waals surface area contributed by atoms with E-state index in [4.69, 9.17) is 4.74 Å². The second kappa shape index (κ2) is 5.68. The van der Waals surface area contributed by atoms with Crippen molar-refractivity contribution in [1.29, 1.82) is 0 Å². The predicted molar refractivity (Wildman–Crippen MR) is 82.2 cm³/mol. The fraction of sp³-hybridized carbons (Fsp3) is 0.333. The molecule has 2 aromatic carbocycles. The summed E-state index contributed by atoms with van der Waals surface area (Å²) in [5.41, 5.74) is 3.95. The van der Waals surface area contributed by atoms with Crippen LogP contribution in [0.2, 0.25) is 0 Å². The maximum absolute atomic E-state index is 5.79. The van der Waals surface area contributed by atoms with Crippen molar-refractivity contribution in [3.63, 3.8) is 0 Å². The molecule has 1 heterocycles. The summed E-state index contributed by atoms with van der Waals surface area (Å²) < 4.78 is 5.79. The first-order valence-electron chi connectivity index (χ1n) is 7.35. The third-order valence-corrected chi connectivity index (χ3v) is 3.79. The van der Waals surface area contributed by atoms with E-state index in [1.807, 2.05) is 0 Å². The molecule has 2 aromatic rings. The van der Waals surface area contributed by atoms with Crippen LogP contribution < -0.4 is 10.1 Å². The molecule has 1 N–H and O–H groups in total. The summed E-state index contributed by atoms with van der Waals surface area (Å²) in [6.45, 7) is 5.22. The van der Waals surface area contributed by atoms with E-state index >= 15 is 0 Å². The fourth-order valence-electron chi connectivity index (χ4n) is 2.90. The van der Waals surface area contributed by atoms with Gasteiger partial charge in [0.05, 0.1) is 6.04 Å². The molecule has 1 aliphatic rings. The monoisotopic (exact) mass is 267 g/mol. The van der Waals surface area contributed by atoms with Crippen LogP contribution in [0.25, 0.3) is 0 Å². The van der Waals surface area contributed by atoms with Gasteiger partial charge in [-0.25, -0.2) is 0 Å². The highest BCUT2D eigenvalue weighted by atomic mass is 16.5. The van der Waals surface area contributed by atoms with Gasteiger partial charge in [0, 0.05) is 6.42 Å². The topological polar surface area (TPSA) is 21.3 Å². The summed E-state index contributed by atoms with van der Waals surface area (Å²) in [6, 6.07) is 17.4. The van der Waals surface area contributed by atoms with Gasteiger partial charge in [0.15, 0.2) is 0 Å². The second-order valence-electron chi connectivity index (χ2n) is 5.40. The van der Waals surface area contributed by atoms with E-state index < -0.39 is 0 Å². The van der Waals surface area contributed by atoms with Crippen molar-refractivity contribution in [3.8, 4) is 5.75 Å². The van der Waals surface area contributed by atoms with Gasteiger partial charge in [0.25, 0.3) is 0 Å². The quantitative estimate of drug-likeness (QED) is 0.912. The first kappa shape index (κ1) is 13.2. The lowest BCUT2D eigenvalue weighted by Gasteiger charge is -2.19. The zero-order valence-corrected chi connectivity index (χ0v) is 12.1. The number of hydrogen-bond donors (Lipinski definition) is 1. The van der Waals surface area contributed by atoms with E-state index in [1.54, 1.807) is 0 Å². The van der Waals surface area contributed by atoms with Gasteiger partial charge >= 0.3 is 0 Å². The molecular formula is C18H21NO. The first-order valence-corrected chi connectivity index (χ1v) is 7.35. The summed E-state index contributed by atoms with van der Waals surface area (Å²) in [5.74, 6) is 1.05. The second-order valence-corrected chi connectivity index (χ2v) is 5.40. The van der Waals surface area contributed by atoms with Crippen LogP contribution in [0.15, 0.2) is 48.5 Å². The number of rotatable bonds is 4. The third kappa shape index (κ3) is 2.56. The molecule has 104 valence electrons. The lowest BCUT2D eigenvalue weighted by atomic mass is 9.96. The number of ether oxygens (including phenoxy) is 1. The van der Waals surface area contributed by atoms with Gasteiger partial charge in [-0.1, -0.05) is 49.4 Å². The standard InChI is InChI=1S/C18H21NO/c1-3-19-18(14-7-5-4-6-8-14)15-9-10-17-16(12-15)11-13(2)20-17/h4-10,12-13,18-19H,3,11H2,1-2H3. The van der Waals surface area contributed by atoms with Gasteiger partial charge < -0.3 is 10.1 Å². The molecule has 2 nitrogen and oxygen atoms in total. The average molecular weight is 267 g/mol. The molecule has 0 bridgehead atoms. The van der Waals surface area contributed by atoms with E-state index in [2.05, 4.69) is 67.7 Å². The SMILES string of the molecule is CCNC(c1ccccc1)c1ccc2c(c1)CC(C)O2. The highest BCUT2D eigenvalue weighted by Gasteiger charge is 2.21. The smallest absolute Gasteiger partial charge is 0.123 e. The Morgan fingerprint density at radius 1 is 1.15 bits per heavy atom. The van der Waals surface area contributed by atoms with Crippen molar-refractivity contribution in [1.82, 2.24) is 5.32 Å². The summed E-state index contributed by atoms with van der Waals surface area (Å²) in [5, 5.41) is 3.58. The van der Waals surface area contributed by atoms with Gasteiger partial charge in [-0.2, -0.15) is 0 Å². The molecule has 1 aliphatic heterocycles.